The van der Waals surface area contributed by atoms with Gasteiger partial charge in [0.25, 0.3) is 11.8 Å². The van der Waals surface area contributed by atoms with Crippen LogP contribution in [0.1, 0.15) is 33.7 Å². The molecular weight excluding hydrogens is 406 g/mol. The summed E-state index contributed by atoms with van der Waals surface area (Å²) in [6.07, 6.45) is 2.45. The summed E-state index contributed by atoms with van der Waals surface area (Å²) in [5, 5.41) is 14.6. The number of pyridine rings is 1. The Hall–Kier alpha value is -3.96. The van der Waals surface area contributed by atoms with Gasteiger partial charge in [0.15, 0.2) is 0 Å². The van der Waals surface area contributed by atoms with Gasteiger partial charge in [-0.15, -0.1) is 0 Å². The number of benzene rings is 1. The number of hydrogen-bond acceptors (Lipinski definition) is 5. The predicted molar refractivity (Wildman–Crippen MR) is 118 cm³/mol. The highest BCUT2D eigenvalue weighted by Crippen LogP contribution is 2.23. The average Bonchev–Trinajstić information content (AvgIpc) is 3.30. The SMILES string of the molecule is CN1CC[C@@](O)(C#Cc2cccc(-c3ccc(Cc4ccnn4C)c(C(N)=O)n3)c2)C1=O. The molecule has 32 heavy (non-hydrogen) atoms. The molecule has 8 nitrogen and oxygen atoms in total. The second-order valence-electron chi connectivity index (χ2n) is 7.86. The van der Waals surface area contributed by atoms with Crippen LogP contribution in [0.2, 0.25) is 0 Å². The van der Waals surface area contributed by atoms with Crippen LogP contribution >= 0.6 is 0 Å². The van der Waals surface area contributed by atoms with Crippen molar-refractivity contribution in [3.05, 3.63) is 71.2 Å². The molecule has 1 aliphatic heterocycles. The van der Waals surface area contributed by atoms with Crippen LogP contribution in [0.4, 0.5) is 0 Å². The number of aliphatic hydroxyl groups is 1. The van der Waals surface area contributed by atoms with Crippen molar-refractivity contribution in [1.82, 2.24) is 19.7 Å². The zero-order valence-corrected chi connectivity index (χ0v) is 17.9. The lowest BCUT2D eigenvalue weighted by Crippen LogP contribution is -2.37. The van der Waals surface area contributed by atoms with Crippen LogP contribution in [-0.2, 0) is 18.3 Å². The number of aryl methyl sites for hydroxylation is 1. The van der Waals surface area contributed by atoms with Crippen molar-refractivity contribution in [2.45, 2.75) is 18.4 Å². The third-order valence-electron chi connectivity index (χ3n) is 5.59. The molecule has 2 aromatic heterocycles. The Morgan fingerprint density at radius 2 is 2.06 bits per heavy atom. The second kappa shape index (κ2) is 8.29. The molecule has 162 valence electrons. The van der Waals surface area contributed by atoms with Crippen LogP contribution in [0.3, 0.4) is 0 Å². The highest BCUT2D eigenvalue weighted by molar-refractivity contribution is 5.93. The molecule has 3 aromatic rings. The van der Waals surface area contributed by atoms with E-state index in [1.165, 1.54) is 4.90 Å². The molecule has 0 aliphatic carbocycles. The number of hydrogen-bond donors (Lipinski definition) is 2. The van der Waals surface area contributed by atoms with Crippen molar-refractivity contribution in [3.63, 3.8) is 0 Å². The number of primary amides is 1. The monoisotopic (exact) mass is 429 g/mol. The average molecular weight is 429 g/mol. The molecule has 0 spiro atoms. The lowest BCUT2D eigenvalue weighted by molar-refractivity contribution is -0.137. The zero-order valence-electron chi connectivity index (χ0n) is 17.9. The number of nitrogens with two attached hydrogens (primary N) is 1. The van der Waals surface area contributed by atoms with Crippen LogP contribution in [0.15, 0.2) is 48.7 Å². The standard InChI is InChI=1S/C24H23N5O3/c1-28-13-11-24(32,23(28)31)10-8-16-4-3-5-17(14-16)20-7-6-18(21(27-20)22(25)30)15-19-9-12-26-29(19)2/h3-7,9,12,14,32H,11,13,15H2,1-2H3,(H2,25,30)/t24-/m0/s1. The molecule has 1 saturated heterocycles. The van der Waals surface area contributed by atoms with Gasteiger partial charge in [-0.05, 0) is 29.8 Å². The lowest BCUT2D eigenvalue weighted by Gasteiger charge is -2.13. The summed E-state index contributed by atoms with van der Waals surface area (Å²) in [7, 11) is 3.48. The number of likely N-dealkylation sites (tertiary alicyclic amines) is 1. The minimum atomic E-state index is -1.66. The maximum absolute atomic E-state index is 12.1. The molecule has 1 fully saturated rings. The summed E-state index contributed by atoms with van der Waals surface area (Å²) in [5.74, 6) is 4.61. The second-order valence-corrected chi connectivity index (χ2v) is 7.86. The summed E-state index contributed by atoms with van der Waals surface area (Å²) >= 11 is 0. The number of carbonyl (C=O) groups excluding carboxylic acids is 2. The Labute approximate surface area is 185 Å². The van der Waals surface area contributed by atoms with Gasteiger partial charge in [0.05, 0.1) is 5.69 Å². The maximum Gasteiger partial charge on any atom is 0.267 e. The molecular formula is C24H23N5O3. The molecule has 1 aliphatic rings. The van der Waals surface area contributed by atoms with Gasteiger partial charge in [0.1, 0.15) is 5.69 Å². The van der Waals surface area contributed by atoms with E-state index in [0.717, 1.165) is 11.3 Å². The van der Waals surface area contributed by atoms with Crippen molar-refractivity contribution in [2.75, 3.05) is 13.6 Å². The van der Waals surface area contributed by atoms with Crippen LogP contribution in [0.25, 0.3) is 11.3 Å². The van der Waals surface area contributed by atoms with Crippen molar-refractivity contribution in [2.24, 2.45) is 12.8 Å². The number of carbonyl (C=O) groups is 2. The van der Waals surface area contributed by atoms with Crippen LogP contribution in [0.5, 0.6) is 0 Å². The number of likely N-dealkylation sites (N-methyl/N-ethyl adjacent to an activating group) is 1. The van der Waals surface area contributed by atoms with Crippen molar-refractivity contribution in [3.8, 4) is 23.1 Å². The van der Waals surface area contributed by atoms with E-state index >= 15 is 0 Å². The Kier molecular flexibility index (Phi) is 5.51. The summed E-state index contributed by atoms with van der Waals surface area (Å²) in [5.41, 5.74) is 7.74. The molecule has 0 bridgehead atoms. The Morgan fingerprint density at radius 3 is 2.72 bits per heavy atom. The highest BCUT2D eigenvalue weighted by Gasteiger charge is 2.42. The fourth-order valence-electron chi connectivity index (χ4n) is 3.68. The predicted octanol–water partition coefficient (Wildman–Crippen LogP) is 1.12. The minimum absolute atomic E-state index is 0.203. The molecule has 0 saturated carbocycles. The molecule has 1 aromatic carbocycles. The van der Waals surface area contributed by atoms with E-state index in [4.69, 9.17) is 5.73 Å². The van der Waals surface area contributed by atoms with Gasteiger partial charge in [-0.2, -0.15) is 5.10 Å². The summed E-state index contributed by atoms with van der Waals surface area (Å²) in [6.45, 7) is 0.467. The third kappa shape index (κ3) is 4.11. The third-order valence-corrected chi connectivity index (χ3v) is 5.59. The minimum Gasteiger partial charge on any atom is -0.369 e. The number of amides is 2. The quantitative estimate of drug-likeness (QED) is 0.603. The molecule has 2 amide bonds. The molecule has 3 heterocycles. The normalized spacial score (nSPS) is 17.8. The van der Waals surface area contributed by atoms with Gasteiger partial charge < -0.3 is 15.7 Å². The van der Waals surface area contributed by atoms with Gasteiger partial charge in [-0.25, -0.2) is 4.98 Å². The first kappa shape index (κ1) is 21.3. The largest absolute Gasteiger partial charge is 0.369 e. The van der Waals surface area contributed by atoms with E-state index in [0.29, 0.717) is 29.8 Å². The number of rotatable bonds is 4. The topological polar surface area (TPSA) is 114 Å². The van der Waals surface area contributed by atoms with E-state index in [1.54, 1.807) is 36.1 Å². The van der Waals surface area contributed by atoms with Crippen molar-refractivity contribution in [1.29, 1.82) is 0 Å². The Morgan fingerprint density at radius 1 is 1.25 bits per heavy atom. The van der Waals surface area contributed by atoms with E-state index in [9.17, 15) is 14.7 Å². The van der Waals surface area contributed by atoms with Crippen molar-refractivity contribution >= 4 is 11.8 Å². The molecule has 4 rings (SSSR count). The smallest absolute Gasteiger partial charge is 0.267 e. The lowest BCUT2D eigenvalue weighted by atomic mass is 10.0. The first-order valence-corrected chi connectivity index (χ1v) is 10.1. The Bertz CT molecular complexity index is 1270. The molecule has 3 N–H and O–H groups in total. The molecule has 8 heteroatoms. The first-order valence-electron chi connectivity index (χ1n) is 10.1. The summed E-state index contributed by atoms with van der Waals surface area (Å²) in [4.78, 5) is 30.2. The fraction of sp³-hybridized carbons (Fsp3) is 0.250. The first-order chi connectivity index (χ1) is 15.3. The maximum atomic E-state index is 12.1. The van der Waals surface area contributed by atoms with Gasteiger partial charge >= 0.3 is 0 Å². The summed E-state index contributed by atoms with van der Waals surface area (Å²) in [6, 6.07) is 12.8. The van der Waals surface area contributed by atoms with Crippen LogP contribution in [-0.4, -0.2) is 55.8 Å². The zero-order chi connectivity index (χ0) is 22.9. The Balaban J connectivity index is 1.64. The van der Waals surface area contributed by atoms with Gasteiger partial charge in [-0.1, -0.05) is 30.0 Å². The number of aromatic nitrogens is 3. The van der Waals surface area contributed by atoms with Crippen LogP contribution in [0, 0.1) is 11.8 Å². The van der Waals surface area contributed by atoms with E-state index in [-0.39, 0.29) is 12.1 Å². The van der Waals surface area contributed by atoms with E-state index in [1.807, 2.05) is 31.3 Å². The fourth-order valence-corrected chi connectivity index (χ4v) is 3.68. The summed E-state index contributed by atoms with van der Waals surface area (Å²) < 4.78 is 1.74. The van der Waals surface area contributed by atoms with Crippen LogP contribution < -0.4 is 5.73 Å². The molecule has 0 radical (unpaired) electrons. The van der Waals surface area contributed by atoms with Gasteiger partial charge in [-0.3, -0.25) is 14.3 Å². The van der Waals surface area contributed by atoms with Gasteiger partial charge in [0.2, 0.25) is 5.60 Å². The van der Waals surface area contributed by atoms with E-state index < -0.39 is 17.4 Å². The molecule has 1 atom stereocenters. The van der Waals surface area contributed by atoms with E-state index in [2.05, 4.69) is 21.9 Å². The van der Waals surface area contributed by atoms with Crippen molar-refractivity contribution < 1.29 is 14.7 Å². The van der Waals surface area contributed by atoms with Gasteiger partial charge in [0, 0.05) is 56.5 Å². The molecule has 0 unspecified atom stereocenters. The number of nitrogens with zero attached hydrogens (tertiary/aromatic N) is 4. The highest BCUT2D eigenvalue weighted by atomic mass is 16.3.